The zero-order valence-electron chi connectivity index (χ0n) is 4.32. The highest BCUT2D eigenvalue weighted by atomic mass is 127. The summed E-state index contributed by atoms with van der Waals surface area (Å²) in [6.45, 7) is 0.108. The van der Waals surface area contributed by atoms with Gasteiger partial charge in [-0.05, 0) is 17.3 Å². The predicted octanol–water partition coefficient (Wildman–Crippen LogP) is 2.02. The maximum atomic E-state index is 9.80. The van der Waals surface area contributed by atoms with Crippen LogP contribution in [0.2, 0.25) is 0 Å². The van der Waals surface area contributed by atoms with Crippen LogP contribution in [0.1, 0.15) is 19.3 Å². The number of hydrogen-bond acceptors (Lipinski definition) is 0. The monoisotopic (exact) mass is 213 g/mol. The van der Waals surface area contributed by atoms with Gasteiger partial charge >= 0.3 is 0 Å². The van der Waals surface area contributed by atoms with Crippen LogP contribution in [0.5, 0.6) is 0 Å². The normalized spacial score (nSPS) is 9.43. The van der Waals surface area contributed by atoms with Crippen LogP contribution in [0.3, 0.4) is 0 Å². The standard InChI is InChI=1S/C5H10IO/c6-4-2-1-3-5-7/h1-5H2. The molecule has 0 spiro atoms. The summed E-state index contributed by atoms with van der Waals surface area (Å²) < 4.78 is 1.19. The first-order valence-corrected chi connectivity index (χ1v) is 4.08. The molecule has 0 aliphatic heterocycles. The first kappa shape index (κ1) is 7.69. The van der Waals surface area contributed by atoms with Crippen LogP contribution in [-0.4, -0.2) is 11.0 Å². The Hall–Kier alpha value is 0.690. The van der Waals surface area contributed by atoms with Gasteiger partial charge in [0.25, 0.3) is 0 Å². The van der Waals surface area contributed by atoms with Crippen molar-refractivity contribution >= 4 is 22.6 Å². The fourth-order valence-electron chi connectivity index (χ4n) is 0.373. The summed E-state index contributed by atoms with van der Waals surface area (Å²) in [4.78, 5) is 0. The molecular formula is C5H10IO. The van der Waals surface area contributed by atoms with E-state index in [9.17, 15) is 5.11 Å². The molecule has 0 N–H and O–H groups in total. The number of alkyl halides is 1. The SMILES string of the molecule is [O]CCCCCI. The third-order valence-electron chi connectivity index (χ3n) is 0.778. The van der Waals surface area contributed by atoms with Gasteiger partial charge in [-0.1, -0.05) is 29.0 Å². The van der Waals surface area contributed by atoms with Crippen molar-refractivity contribution in [3.8, 4) is 0 Å². The Kier molecular flexibility index (Phi) is 7.35. The third kappa shape index (κ3) is 6.69. The highest BCUT2D eigenvalue weighted by Gasteiger charge is 1.82. The van der Waals surface area contributed by atoms with Crippen molar-refractivity contribution in [3.05, 3.63) is 0 Å². The van der Waals surface area contributed by atoms with Crippen molar-refractivity contribution in [1.29, 1.82) is 0 Å². The molecule has 43 valence electrons. The van der Waals surface area contributed by atoms with E-state index in [1.54, 1.807) is 0 Å². The molecule has 0 bridgehead atoms. The van der Waals surface area contributed by atoms with Gasteiger partial charge in [0.1, 0.15) is 0 Å². The summed E-state index contributed by atoms with van der Waals surface area (Å²) in [5.41, 5.74) is 0. The highest BCUT2D eigenvalue weighted by molar-refractivity contribution is 14.1. The van der Waals surface area contributed by atoms with E-state index < -0.39 is 0 Å². The molecule has 0 aromatic carbocycles. The van der Waals surface area contributed by atoms with Crippen LogP contribution in [0.25, 0.3) is 0 Å². The molecule has 0 aromatic heterocycles. The van der Waals surface area contributed by atoms with E-state index in [1.165, 1.54) is 10.8 Å². The molecule has 7 heavy (non-hydrogen) atoms. The molecule has 0 aromatic rings. The average Bonchev–Trinajstić information content (AvgIpc) is 1.69. The first-order valence-electron chi connectivity index (χ1n) is 2.56. The largest absolute Gasteiger partial charge is 0.237 e. The molecule has 0 aliphatic rings. The molecule has 0 atom stereocenters. The van der Waals surface area contributed by atoms with Gasteiger partial charge in [-0.25, -0.2) is 5.11 Å². The fourth-order valence-corrected chi connectivity index (χ4v) is 0.913. The van der Waals surface area contributed by atoms with Gasteiger partial charge in [0, 0.05) is 0 Å². The molecule has 1 radical (unpaired) electrons. The molecular weight excluding hydrogens is 203 g/mol. The third-order valence-corrected chi connectivity index (χ3v) is 1.54. The molecule has 0 saturated heterocycles. The number of hydrogen-bond donors (Lipinski definition) is 0. The fraction of sp³-hybridized carbons (Fsp3) is 1.00. The van der Waals surface area contributed by atoms with Crippen molar-refractivity contribution in [2.45, 2.75) is 19.3 Å². The molecule has 0 aliphatic carbocycles. The smallest absolute Gasteiger partial charge is 0.0822 e. The quantitative estimate of drug-likeness (QED) is 0.386. The Bertz CT molecular complexity index is 27.3. The van der Waals surface area contributed by atoms with Crippen LogP contribution in [-0.2, 0) is 5.11 Å². The minimum atomic E-state index is 0.108. The lowest BCUT2D eigenvalue weighted by Crippen LogP contribution is -1.80. The summed E-state index contributed by atoms with van der Waals surface area (Å²) in [5, 5.41) is 9.80. The zero-order valence-corrected chi connectivity index (χ0v) is 6.48. The Morgan fingerprint density at radius 2 is 1.86 bits per heavy atom. The summed E-state index contributed by atoms with van der Waals surface area (Å²) in [6.07, 6.45) is 3.19. The average molecular weight is 213 g/mol. The van der Waals surface area contributed by atoms with Gasteiger partial charge in [-0.15, -0.1) is 0 Å². The molecule has 0 unspecified atom stereocenters. The maximum absolute atomic E-state index is 9.80. The molecule has 2 heteroatoms. The van der Waals surface area contributed by atoms with Gasteiger partial charge in [-0.2, -0.15) is 0 Å². The number of rotatable bonds is 4. The molecule has 0 heterocycles. The van der Waals surface area contributed by atoms with E-state index in [1.807, 2.05) is 0 Å². The van der Waals surface area contributed by atoms with Crippen LogP contribution in [0.15, 0.2) is 0 Å². The van der Waals surface area contributed by atoms with Gasteiger partial charge in [0.05, 0.1) is 6.61 Å². The first-order chi connectivity index (χ1) is 3.41. The van der Waals surface area contributed by atoms with E-state index in [4.69, 9.17) is 0 Å². The van der Waals surface area contributed by atoms with E-state index in [2.05, 4.69) is 22.6 Å². The van der Waals surface area contributed by atoms with E-state index >= 15 is 0 Å². The number of unbranched alkanes of at least 4 members (excludes halogenated alkanes) is 2. The lowest BCUT2D eigenvalue weighted by Gasteiger charge is -1.88. The zero-order chi connectivity index (χ0) is 5.54. The van der Waals surface area contributed by atoms with Crippen molar-refractivity contribution < 1.29 is 5.11 Å². The molecule has 1 nitrogen and oxygen atoms in total. The van der Waals surface area contributed by atoms with Crippen molar-refractivity contribution in [2.75, 3.05) is 11.0 Å². The van der Waals surface area contributed by atoms with Gasteiger partial charge in [-0.3, -0.25) is 0 Å². The number of halogens is 1. The Morgan fingerprint density at radius 3 is 2.29 bits per heavy atom. The van der Waals surface area contributed by atoms with Gasteiger partial charge < -0.3 is 0 Å². The topological polar surface area (TPSA) is 19.9 Å². The predicted molar refractivity (Wildman–Crippen MR) is 38.3 cm³/mol. The lowest BCUT2D eigenvalue weighted by molar-refractivity contribution is 0.187. The van der Waals surface area contributed by atoms with Crippen molar-refractivity contribution in [1.82, 2.24) is 0 Å². The molecule has 0 rings (SSSR count). The molecule has 0 amide bonds. The second-order valence-electron chi connectivity index (χ2n) is 1.45. The van der Waals surface area contributed by atoms with Crippen molar-refractivity contribution in [3.63, 3.8) is 0 Å². The van der Waals surface area contributed by atoms with Gasteiger partial charge in [0.15, 0.2) is 0 Å². The lowest BCUT2D eigenvalue weighted by atomic mass is 10.3. The van der Waals surface area contributed by atoms with Crippen LogP contribution < -0.4 is 0 Å². The summed E-state index contributed by atoms with van der Waals surface area (Å²) in [6, 6.07) is 0. The summed E-state index contributed by atoms with van der Waals surface area (Å²) in [7, 11) is 0. The Balaban J connectivity index is 2.45. The molecule has 0 fully saturated rings. The second kappa shape index (κ2) is 6.69. The van der Waals surface area contributed by atoms with Crippen molar-refractivity contribution in [2.24, 2.45) is 0 Å². The van der Waals surface area contributed by atoms with Crippen LogP contribution in [0.4, 0.5) is 0 Å². The van der Waals surface area contributed by atoms with Crippen LogP contribution in [0, 0.1) is 0 Å². The van der Waals surface area contributed by atoms with E-state index in [0.29, 0.717) is 0 Å². The second-order valence-corrected chi connectivity index (χ2v) is 2.53. The summed E-state index contributed by atoms with van der Waals surface area (Å²) >= 11 is 2.33. The maximum Gasteiger partial charge on any atom is 0.0822 e. The minimum absolute atomic E-state index is 0.108. The Morgan fingerprint density at radius 1 is 1.14 bits per heavy atom. The van der Waals surface area contributed by atoms with Gasteiger partial charge in [0.2, 0.25) is 0 Å². The van der Waals surface area contributed by atoms with E-state index in [0.717, 1.165) is 12.8 Å². The molecule has 0 saturated carbocycles. The highest BCUT2D eigenvalue weighted by Crippen LogP contribution is 1.96. The Labute approximate surface area is 58.3 Å². The van der Waals surface area contributed by atoms with E-state index in [-0.39, 0.29) is 6.61 Å². The minimum Gasteiger partial charge on any atom is -0.237 e. The van der Waals surface area contributed by atoms with Crippen LogP contribution >= 0.6 is 22.6 Å². The summed E-state index contributed by atoms with van der Waals surface area (Å²) in [5.74, 6) is 0.